The molecule has 0 radical (unpaired) electrons. The van der Waals surface area contributed by atoms with Crippen LogP contribution in [0.1, 0.15) is 16.7 Å². The van der Waals surface area contributed by atoms with Gasteiger partial charge in [-0.1, -0.05) is 42.5 Å². The summed E-state index contributed by atoms with van der Waals surface area (Å²) < 4.78 is 5.27. The average Bonchev–Trinajstić information content (AvgIpc) is 2.54. The Morgan fingerprint density at radius 3 is 2.57 bits per heavy atom. The van der Waals surface area contributed by atoms with Crippen LogP contribution in [0, 0.1) is 12.8 Å². The highest BCUT2D eigenvalue weighted by atomic mass is 16.4. The Morgan fingerprint density at radius 2 is 1.83 bits per heavy atom. The lowest BCUT2D eigenvalue weighted by molar-refractivity contribution is -0.111. The molecule has 3 heteroatoms. The molecule has 3 rings (SSSR count). The summed E-state index contributed by atoms with van der Waals surface area (Å²) in [6.45, 7) is 1.95. The van der Waals surface area contributed by atoms with E-state index in [9.17, 15) is 9.59 Å². The third-order valence-corrected chi connectivity index (χ3v) is 4.00. The zero-order valence-electron chi connectivity index (χ0n) is 13.0. The number of benzene rings is 2. The van der Waals surface area contributed by atoms with E-state index in [0.29, 0.717) is 18.4 Å². The van der Waals surface area contributed by atoms with Gasteiger partial charge in [0.25, 0.3) is 0 Å². The van der Waals surface area contributed by atoms with Crippen molar-refractivity contribution in [3.05, 3.63) is 81.7 Å². The van der Waals surface area contributed by atoms with Crippen LogP contribution in [0.15, 0.2) is 63.8 Å². The number of carbonyl (C=O) groups is 1. The van der Waals surface area contributed by atoms with Crippen LogP contribution in [-0.2, 0) is 17.6 Å². The lowest BCUT2D eigenvalue weighted by Crippen LogP contribution is -2.12. The highest BCUT2D eigenvalue weighted by Gasteiger charge is 2.13. The number of aldehydes is 1. The summed E-state index contributed by atoms with van der Waals surface area (Å²) in [5.41, 5.74) is 3.23. The number of fused-ring (bicyclic) bond motifs is 1. The van der Waals surface area contributed by atoms with Crippen LogP contribution in [-0.4, -0.2) is 6.29 Å². The van der Waals surface area contributed by atoms with Crippen LogP contribution in [0.25, 0.3) is 11.0 Å². The molecule has 1 atom stereocenters. The van der Waals surface area contributed by atoms with Gasteiger partial charge in [-0.3, -0.25) is 0 Å². The number of hydrogen-bond acceptors (Lipinski definition) is 3. The fourth-order valence-electron chi connectivity index (χ4n) is 2.87. The molecule has 0 aliphatic rings. The molecule has 0 saturated carbocycles. The normalized spacial score (nSPS) is 12.2. The molecule has 1 aromatic heterocycles. The molecule has 1 heterocycles. The maximum atomic E-state index is 11.8. The van der Waals surface area contributed by atoms with E-state index in [1.54, 1.807) is 0 Å². The first-order valence-electron chi connectivity index (χ1n) is 7.68. The second-order valence-corrected chi connectivity index (χ2v) is 5.88. The second-order valence-electron chi connectivity index (χ2n) is 5.88. The highest BCUT2D eigenvalue weighted by molar-refractivity contribution is 5.81. The van der Waals surface area contributed by atoms with Gasteiger partial charge in [-0.2, -0.15) is 0 Å². The Morgan fingerprint density at radius 1 is 1.04 bits per heavy atom. The lowest BCUT2D eigenvalue weighted by atomic mass is 9.92. The van der Waals surface area contributed by atoms with Gasteiger partial charge in [0.1, 0.15) is 11.9 Å². The Kier molecular flexibility index (Phi) is 4.38. The maximum Gasteiger partial charge on any atom is 0.336 e. The minimum Gasteiger partial charge on any atom is -0.423 e. The van der Waals surface area contributed by atoms with Gasteiger partial charge in [0.15, 0.2) is 0 Å². The van der Waals surface area contributed by atoms with Crippen molar-refractivity contribution in [1.82, 2.24) is 0 Å². The van der Waals surface area contributed by atoms with Crippen molar-refractivity contribution >= 4 is 17.3 Å². The van der Waals surface area contributed by atoms with Gasteiger partial charge >= 0.3 is 5.63 Å². The zero-order valence-corrected chi connectivity index (χ0v) is 13.0. The van der Waals surface area contributed by atoms with E-state index in [1.165, 1.54) is 6.07 Å². The predicted octanol–water partition coefficient (Wildman–Crippen LogP) is 3.70. The Bertz CT molecular complexity index is 878. The minimum atomic E-state index is -0.373. The molecule has 0 spiro atoms. The third kappa shape index (κ3) is 3.57. The standard InChI is InChI=1S/C20H18O3/c1-14-7-8-18-17(12-20(22)23-19(18)9-14)11-16(13-21)10-15-5-3-2-4-6-15/h2-9,12-13,16H,10-11H2,1H3. The van der Waals surface area contributed by atoms with Crippen LogP contribution in [0.2, 0.25) is 0 Å². The van der Waals surface area contributed by atoms with Crippen LogP contribution >= 0.6 is 0 Å². The van der Waals surface area contributed by atoms with E-state index >= 15 is 0 Å². The second kappa shape index (κ2) is 6.61. The molecule has 116 valence electrons. The van der Waals surface area contributed by atoms with Crippen molar-refractivity contribution < 1.29 is 9.21 Å². The summed E-state index contributed by atoms with van der Waals surface area (Å²) in [7, 11) is 0. The largest absolute Gasteiger partial charge is 0.423 e. The number of hydrogen-bond donors (Lipinski definition) is 0. The summed E-state index contributed by atoms with van der Waals surface area (Å²) >= 11 is 0. The lowest BCUT2D eigenvalue weighted by Gasteiger charge is -2.12. The molecule has 0 amide bonds. The molecular weight excluding hydrogens is 288 g/mol. The average molecular weight is 306 g/mol. The monoisotopic (exact) mass is 306 g/mol. The smallest absolute Gasteiger partial charge is 0.336 e. The van der Waals surface area contributed by atoms with E-state index in [-0.39, 0.29) is 11.5 Å². The van der Waals surface area contributed by atoms with Crippen molar-refractivity contribution in [3.8, 4) is 0 Å². The van der Waals surface area contributed by atoms with E-state index in [1.807, 2.05) is 55.5 Å². The van der Waals surface area contributed by atoms with Crippen LogP contribution in [0.3, 0.4) is 0 Å². The van der Waals surface area contributed by atoms with E-state index < -0.39 is 0 Å². The van der Waals surface area contributed by atoms with Crippen LogP contribution in [0.4, 0.5) is 0 Å². The van der Waals surface area contributed by atoms with Crippen molar-refractivity contribution in [2.75, 3.05) is 0 Å². The van der Waals surface area contributed by atoms with Gasteiger partial charge in [-0.05, 0) is 42.5 Å². The number of carbonyl (C=O) groups excluding carboxylic acids is 1. The van der Waals surface area contributed by atoms with Gasteiger partial charge < -0.3 is 9.21 Å². The minimum absolute atomic E-state index is 0.163. The molecule has 2 aromatic carbocycles. The van der Waals surface area contributed by atoms with Crippen LogP contribution in [0.5, 0.6) is 0 Å². The summed E-state index contributed by atoms with van der Waals surface area (Å²) in [6, 6.07) is 17.2. The van der Waals surface area contributed by atoms with E-state index in [2.05, 4.69) is 0 Å². The topological polar surface area (TPSA) is 47.3 Å². The molecule has 0 N–H and O–H groups in total. The SMILES string of the molecule is Cc1ccc2c(CC(C=O)Cc3ccccc3)cc(=O)oc2c1. The zero-order chi connectivity index (χ0) is 16.2. The third-order valence-electron chi connectivity index (χ3n) is 4.00. The first kappa shape index (κ1) is 15.2. The van der Waals surface area contributed by atoms with Crippen molar-refractivity contribution in [3.63, 3.8) is 0 Å². The number of aryl methyl sites for hydroxylation is 1. The molecule has 0 aliphatic carbocycles. The summed E-state index contributed by atoms with van der Waals surface area (Å²) in [5.74, 6) is -0.163. The summed E-state index contributed by atoms with van der Waals surface area (Å²) in [5, 5.41) is 0.898. The van der Waals surface area contributed by atoms with Gasteiger partial charge in [0, 0.05) is 17.4 Å². The summed E-state index contributed by atoms with van der Waals surface area (Å²) in [4.78, 5) is 23.3. The first-order chi connectivity index (χ1) is 11.2. The van der Waals surface area contributed by atoms with E-state index in [0.717, 1.165) is 28.4 Å². The molecule has 3 aromatic rings. The molecule has 23 heavy (non-hydrogen) atoms. The Hall–Kier alpha value is -2.68. The predicted molar refractivity (Wildman–Crippen MR) is 90.6 cm³/mol. The van der Waals surface area contributed by atoms with Crippen molar-refractivity contribution in [1.29, 1.82) is 0 Å². The fraction of sp³-hybridized carbons (Fsp3) is 0.200. The first-order valence-corrected chi connectivity index (χ1v) is 7.68. The van der Waals surface area contributed by atoms with Gasteiger partial charge in [0.05, 0.1) is 0 Å². The number of rotatable bonds is 5. The molecule has 0 bridgehead atoms. The van der Waals surface area contributed by atoms with Crippen molar-refractivity contribution in [2.45, 2.75) is 19.8 Å². The molecular formula is C20H18O3. The molecule has 1 unspecified atom stereocenters. The van der Waals surface area contributed by atoms with Crippen molar-refractivity contribution in [2.24, 2.45) is 5.92 Å². The molecule has 3 nitrogen and oxygen atoms in total. The fourth-order valence-corrected chi connectivity index (χ4v) is 2.87. The van der Waals surface area contributed by atoms with Gasteiger partial charge in [-0.25, -0.2) is 4.79 Å². The van der Waals surface area contributed by atoms with Gasteiger partial charge in [0.2, 0.25) is 0 Å². The molecule has 0 fully saturated rings. The Labute approximate surface area is 134 Å². The quantitative estimate of drug-likeness (QED) is 0.533. The maximum absolute atomic E-state index is 11.8. The molecule has 0 saturated heterocycles. The highest BCUT2D eigenvalue weighted by Crippen LogP contribution is 2.22. The molecule has 0 aliphatic heterocycles. The summed E-state index contributed by atoms with van der Waals surface area (Å²) in [6.07, 6.45) is 2.17. The van der Waals surface area contributed by atoms with Gasteiger partial charge in [-0.15, -0.1) is 0 Å². The van der Waals surface area contributed by atoms with Crippen LogP contribution < -0.4 is 5.63 Å². The Balaban J connectivity index is 1.93. The van der Waals surface area contributed by atoms with E-state index in [4.69, 9.17) is 4.42 Å².